The number of pyridine rings is 1. The molecule has 22 heavy (non-hydrogen) atoms. The van der Waals surface area contributed by atoms with Gasteiger partial charge in [0.15, 0.2) is 9.84 Å². The zero-order chi connectivity index (χ0) is 15.7. The average Bonchev–Trinajstić information content (AvgIpc) is 2.93. The lowest BCUT2D eigenvalue weighted by Gasteiger charge is -2.13. The fourth-order valence-corrected chi connectivity index (χ4v) is 4.60. The van der Waals surface area contributed by atoms with E-state index in [0.29, 0.717) is 24.9 Å². The molecule has 0 saturated carbocycles. The molecule has 1 unspecified atom stereocenters. The quantitative estimate of drug-likeness (QED) is 0.870. The molecule has 1 aromatic carbocycles. The highest BCUT2D eigenvalue weighted by Gasteiger charge is 2.38. The summed E-state index contributed by atoms with van der Waals surface area (Å²) in [6.45, 7) is 4.08. The molecule has 114 valence electrons. The van der Waals surface area contributed by atoms with Crippen molar-refractivity contribution in [1.82, 2.24) is 10.3 Å². The molecule has 1 saturated heterocycles. The molecule has 2 aromatic rings. The Balaban J connectivity index is 2.24. The minimum atomic E-state index is -3.76. The lowest BCUT2D eigenvalue weighted by molar-refractivity contribution is -0.118. The summed E-state index contributed by atoms with van der Waals surface area (Å²) in [6, 6.07) is 7.09. The molecule has 0 spiro atoms. The highest BCUT2D eigenvalue weighted by atomic mass is 32.2. The largest absolute Gasteiger partial charge is 0.355 e. The van der Waals surface area contributed by atoms with Crippen molar-refractivity contribution in [3.05, 3.63) is 48.7 Å². The second-order valence-corrected chi connectivity index (χ2v) is 7.37. The number of benzene rings is 1. The summed E-state index contributed by atoms with van der Waals surface area (Å²) in [7, 11) is -3.76. The Morgan fingerprint density at radius 3 is 2.91 bits per heavy atom. The van der Waals surface area contributed by atoms with Gasteiger partial charge in [-0.05, 0) is 36.6 Å². The van der Waals surface area contributed by atoms with Crippen LogP contribution in [0.4, 0.5) is 0 Å². The van der Waals surface area contributed by atoms with Crippen LogP contribution < -0.4 is 5.32 Å². The molecule has 0 aliphatic carbocycles. The topological polar surface area (TPSA) is 76.1 Å². The van der Waals surface area contributed by atoms with E-state index in [0.717, 1.165) is 10.9 Å². The lowest BCUT2D eigenvalue weighted by Crippen LogP contribution is -2.30. The number of allylic oxidation sites excluding steroid dienone is 1. The lowest BCUT2D eigenvalue weighted by atomic mass is 10.1. The van der Waals surface area contributed by atoms with Gasteiger partial charge in [0, 0.05) is 18.1 Å². The van der Waals surface area contributed by atoms with E-state index in [2.05, 4.69) is 16.9 Å². The Kier molecular flexibility index (Phi) is 3.70. The Hall–Kier alpha value is -2.21. The van der Waals surface area contributed by atoms with Crippen molar-refractivity contribution < 1.29 is 13.2 Å². The van der Waals surface area contributed by atoms with Crippen LogP contribution in [-0.4, -0.2) is 31.1 Å². The zero-order valence-electron chi connectivity index (χ0n) is 12.0. The number of amides is 1. The van der Waals surface area contributed by atoms with E-state index < -0.39 is 21.0 Å². The molecule has 2 heterocycles. The molecule has 1 aliphatic heterocycles. The maximum atomic E-state index is 12.9. The number of rotatable bonds is 4. The van der Waals surface area contributed by atoms with Crippen molar-refractivity contribution in [3.8, 4) is 0 Å². The Labute approximate surface area is 129 Å². The predicted molar refractivity (Wildman–Crippen MR) is 84.2 cm³/mol. The smallest absolute Gasteiger partial charge is 0.238 e. The van der Waals surface area contributed by atoms with Crippen molar-refractivity contribution in [2.24, 2.45) is 0 Å². The third-order valence-corrected chi connectivity index (χ3v) is 5.91. The summed E-state index contributed by atoms with van der Waals surface area (Å²) in [6.07, 6.45) is 4.13. The van der Waals surface area contributed by atoms with Gasteiger partial charge in [-0.25, -0.2) is 8.42 Å². The zero-order valence-corrected chi connectivity index (χ0v) is 12.8. The minimum Gasteiger partial charge on any atom is -0.355 e. The van der Waals surface area contributed by atoms with E-state index in [-0.39, 0.29) is 4.90 Å². The SMILES string of the molecule is C=CCc1cc(S(=O)(=O)C2CCNC2=O)c2ncccc2c1. The Morgan fingerprint density at radius 2 is 2.23 bits per heavy atom. The molecular formula is C16H16N2O3S. The van der Waals surface area contributed by atoms with E-state index in [1.807, 2.05) is 12.1 Å². The van der Waals surface area contributed by atoms with Gasteiger partial charge < -0.3 is 5.32 Å². The van der Waals surface area contributed by atoms with Crippen LogP contribution in [0.25, 0.3) is 10.9 Å². The molecule has 0 radical (unpaired) electrons. The number of hydrogen-bond donors (Lipinski definition) is 1. The summed E-state index contributed by atoms with van der Waals surface area (Å²) >= 11 is 0. The van der Waals surface area contributed by atoms with Gasteiger partial charge in [0.1, 0.15) is 5.25 Å². The van der Waals surface area contributed by atoms with Crippen molar-refractivity contribution in [2.75, 3.05) is 6.54 Å². The normalized spacial score (nSPS) is 18.4. The van der Waals surface area contributed by atoms with E-state index >= 15 is 0 Å². The van der Waals surface area contributed by atoms with E-state index in [1.165, 1.54) is 0 Å². The molecule has 3 rings (SSSR count). The maximum absolute atomic E-state index is 12.9. The number of aromatic nitrogens is 1. The molecule has 1 atom stereocenters. The highest BCUT2D eigenvalue weighted by Crippen LogP contribution is 2.29. The van der Waals surface area contributed by atoms with Crippen LogP contribution in [-0.2, 0) is 21.1 Å². The number of fused-ring (bicyclic) bond motifs is 1. The predicted octanol–water partition coefficient (Wildman–Crippen LogP) is 1.63. The molecule has 5 nitrogen and oxygen atoms in total. The van der Waals surface area contributed by atoms with Crippen LogP contribution >= 0.6 is 0 Å². The molecule has 0 bridgehead atoms. The Bertz CT molecular complexity index is 859. The number of nitrogens with zero attached hydrogens (tertiary/aromatic N) is 1. The number of sulfone groups is 1. The number of nitrogens with one attached hydrogen (secondary N) is 1. The van der Waals surface area contributed by atoms with Gasteiger partial charge in [-0.1, -0.05) is 12.1 Å². The van der Waals surface area contributed by atoms with Crippen molar-refractivity contribution >= 4 is 26.6 Å². The van der Waals surface area contributed by atoms with Gasteiger partial charge in [0.2, 0.25) is 5.91 Å². The van der Waals surface area contributed by atoms with Crippen molar-refractivity contribution in [2.45, 2.75) is 23.0 Å². The number of carbonyl (C=O) groups excluding carboxylic acids is 1. The third kappa shape index (κ3) is 2.39. The highest BCUT2D eigenvalue weighted by molar-refractivity contribution is 7.93. The number of hydrogen-bond acceptors (Lipinski definition) is 4. The summed E-state index contributed by atoms with van der Waals surface area (Å²) in [4.78, 5) is 16.2. The fraction of sp³-hybridized carbons (Fsp3) is 0.250. The van der Waals surface area contributed by atoms with Crippen LogP contribution in [0.2, 0.25) is 0 Å². The van der Waals surface area contributed by atoms with E-state index in [4.69, 9.17) is 0 Å². The van der Waals surface area contributed by atoms with Crippen LogP contribution in [0.15, 0.2) is 48.0 Å². The second-order valence-electron chi connectivity index (χ2n) is 5.28. The third-order valence-electron chi connectivity index (χ3n) is 3.79. The van der Waals surface area contributed by atoms with Crippen molar-refractivity contribution in [1.29, 1.82) is 0 Å². The monoisotopic (exact) mass is 316 g/mol. The standard InChI is InChI=1S/C16H16N2O3S/c1-2-4-11-9-12-5-3-7-17-15(12)14(10-11)22(20,21)13-6-8-18-16(13)19/h2-3,5,7,9-10,13H,1,4,6,8H2,(H,18,19). The van der Waals surface area contributed by atoms with E-state index in [9.17, 15) is 13.2 Å². The number of carbonyl (C=O) groups is 1. The molecule has 1 fully saturated rings. The van der Waals surface area contributed by atoms with E-state index in [1.54, 1.807) is 24.4 Å². The van der Waals surface area contributed by atoms with Crippen molar-refractivity contribution in [3.63, 3.8) is 0 Å². The van der Waals surface area contributed by atoms with Gasteiger partial charge in [0.05, 0.1) is 10.4 Å². The molecule has 1 aliphatic rings. The first-order chi connectivity index (χ1) is 10.5. The summed E-state index contributed by atoms with van der Waals surface area (Å²) < 4.78 is 25.8. The Morgan fingerprint density at radius 1 is 1.41 bits per heavy atom. The van der Waals surface area contributed by atoms with Crippen LogP contribution in [0.1, 0.15) is 12.0 Å². The van der Waals surface area contributed by atoms with Gasteiger partial charge in [-0.3, -0.25) is 9.78 Å². The molecule has 1 N–H and O–H groups in total. The maximum Gasteiger partial charge on any atom is 0.238 e. The summed E-state index contributed by atoms with van der Waals surface area (Å²) in [5, 5.41) is 2.30. The second kappa shape index (κ2) is 5.53. The fourth-order valence-electron chi connectivity index (χ4n) is 2.74. The van der Waals surface area contributed by atoms with Gasteiger partial charge in [-0.2, -0.15) is 0 Å². The van der Waals surface area contributed by atoms with Gasteiger partial charge >= 0.3 is 0 Å². The average molecular weight is 316 g/mol. The first-order valence-corrected chi connectivity index (χ1v) is 8.59. The molecular weight excluding hydrogens is 300 g/mol. The minimum absolute atomic E-state index is 0.129. The van der Waals surface area contributed by atoms with Gasteiger partial charge in [0.25, 0.3) is 0 Å². The first kappa shape index (κ1) is 14.7. The van der Waals surface area contributed by atoms with Crippen LogP contribution in [0.5, 0.6) is 0 Å². The molecule has 1 aromatic heterocycles. The molecule has 6 heteroatoms. The first-order valence-electron chi connectivity index (χ1n) is 7.04. The van der Waals surface area contributed by atoms with Crippen LogP contribution in [0.3, 0.4) is 0 Å². The van der Waals surface area contributed by atoms with Crippen LogP contribution in [0, 0.1) is 0 Å². The summed E-state index contributed by atoms with van der Waals surface area (Å²) in [5.74, 6) is -0.432. The van der Waals surface area contributed by atoms with Gasteiger partial charge in [-0.15, -0.1) is 6.58 Å². The summed E-state index contributed by atoms with van der Waals surface area (Å²) in [5.41, 5.74) is 1.25. The molecule has 1 amide bonds.